The second-order valence-electron chi connectivity index (χ2n) is 8.33. The SMILES string of the molecule is C[C@H](N)C(=O)N[C@@H](CC(N)=O)C(=O)N1CCC[C@H]1CN(CCc1ccccc1)C(=O)C(F)(F)F. The van der Waals surface area contributed by atoms with Gasteiger partial charge < -0.3 is 26.6 Å². The van der Waals surface area contributed by atoms with E-state index in [4.69, 9.17) is 11.5 Å². The van der Waals surface area contributed by atoms with E-state index in [1.54, 1.807) is 30.3 Å². The Morgan fingerprint density at radius 3 is 2.41 bits per heavy atom. The highest BCUT2D eigenvalue weighted by atomic mass is 19.4. The molecule has 0 spiro atoms. The first-order valence-electron chi connectivity index (χ1n) is 10.9. The zero-order valence-corrected chi connectivity index (χ0v) is 18.9. The fourth-order valence-electron chi connectivity index (χ4n) is 3.84. The molecule has 0 unspecified atom stereocenters. The quantitative estimate of drug-likeness (QED) is 0.438. The lowest BCUT2D eigenvalue weighted by Crippen LogP contribution is -2.56. The zero-order chi connectivity index (χ0) is 25.5. The summed E-state index contributed by atoms with van der Waals surface area (Å²) >= 11 is 0. The van der Waals surface area contributed by atoms with Crippen molar-refractivity contribution in [1.82, 2.24) is 15.1 Å². The van der Waals surface area contributed by atoms with Gasteiger partial charge in [-0.3, -0.25) is 19.2 Å². The van der Waals surface area contributed by atoms with Crippen molar-refractivity contribution in [1.29, 1.82) is 0 Å². The number of amides is 4. The topological polar surface area (TPSA) is 139 Å². The van der Waals surface area contributed by atoms with Crippen molar-refractivity contribution in [2.75, 3.05) is 19.6 Å². The molecule has 1 fully saturated rings. The third-order valence-corrected chi connectivity index (χ3v) is 5.57. The maximum Gasteiger partial charge on any atom is 0.471 e. The van der Waals surface area contributed by atoms with Gasteiger partial charge in [-0.25, -0.2) is 0 Å². The lowest BCUT2D eigenvalue weighted by Gasteiger charge is -2.33. The summed E-state index contributed by atoms with van der Waals surface area (Å²) in [6.07, 6.45) is -4.49. The molecule has 34 heavy (non-hydrogen) atoms. The lowest BCUT2D eigenvalue weighted by molar-refractivity contribution is -0.186. The van der Waals surface area contributed by atoms with E-state index in [9.17, 15) is 32.3 Å². The van der Waals surface area contributed by atoms with E-state index < -0.39 is 54.4 Å². The van der Waals surface area contributed by atoms with Gasteiger partial charge in [0.2, 0.25) is 17.7 Å². The van der Waals surface area contributed by atoms with E-state index in [1.165, 1.54) is 11.8 Å². The minimum Gasteiger partial charge on any atom is -0.370 e. The molecular weight excluding hydrogens is 455 g/mol. The molecule has 0 aromatic heterocycles. The number of benzene rings is 1. The Hall–Kier alpha value is -3.15. The van der Waals surface area contributed by atoms with Gasteiger partial charge in [-0.2, -0.15) is 13.2 Å². The van der Waals surface area contributed by atoms with Gasteiger partial charge in [0.25, 0.3) is 0 Å². The summed E-state index contributed by atoms with van der Waals surface area (Å²) in [5.74, 6) is -4.15. The van der Waals surface area contributed by atoms with Crippen LogP contribution in [-0.4, -0.2) is 77.4 Å². The van der Waals surface area contributed by atoms with Gasteiger partial charge in [0.05, 0.1) is 12.5 Å². The number of carbonyl (C=O) groups is 4. The number of primary amides is 1. The molecule has 0 saturated carbocycles. The average Bonchev–Trinajstić information content (AvgIpc) is 3.22. The number of alkyl halides is 3. The van der Waals surface area contributed by atoms with E-state index in [2.05, 4.69) is 5.32 Å². The van der Waals surface area contributed by atoms with Crippen LogP contribution in [0.3, 0.4) is 0 Å². The molecule has 1 aliphatic rings. The summed E-state index contributed by atoms with van der Waals surface area (Å²) in [6, 6.07) is 5.81. The van der Waals surface area contributed by atoms with E-state index in [-0.39, 0.29) is 26.1 Å². The van der Waals surface area contributed by atoms with Crippen molar-refractivity contribution in [3.63, 3.8) is 0 Å². The van der Waals surface area contributed by atoms with Gasteiger partial charge in [0, 0.05) is 25.7 Å². The largest absolute Gasteiger partial charge is 0.471 e. The van der Waals surface area contributed by atoms with Crippen LogP contribution in [0.5, 0.6) is 0 Å². The first-order valence-corrected chi connectivity index (χ1v) is 10.9. The van der Waals surface area contributed by atoms with Crippen LogP contribution >= 0.6 is 0 Å². The maximum atomic E-state index is 13.3. The number of halogens is 3. The number of carbonyl (C=O) groups excluding carboxylic acids is 4. The lowest BCUT2D eigenvalue weighted by atomic mass is 10.1. The first-order chi connectivity index (χ1) is 15.9. The standard InChI is InChI=1S/C22H30F3N5O4/c1-14(26)19(32)28-17(12-18(27)31)20(33)30-10-5-8-16(30)13-29(21(34)22(23,24)25)11-9-15-6-3-2-4-7-15/h2-4,6-7,14,16-17H,5,8-13,26H2,1H3,(H2,27,31)(H,28,32)/t14-,16-,17-/m0/s1. The fourth-order valence-corrected chi connectivity index (χ4v) is 3.84. The first kappa shape index (κ1) is 27.1. The van der Waals surface area contributed by atoms with Crippen molar-refractivity contribution in [2.45, 2.75) is 56.9 Å². The molecule has 1 saturated heterocycles. The second kappa shape index (κ2) is 11.8. The van der Waals surface area contributed by atoms with Gasteiger partial charge in [-0.15, -0.1) is 0 Å². The molecular formula is C22H30F3N5O4. The molecule has 9 nitrogen and oxygen atoms in total. The number of nitrogens with zero attached hydrogens (tertiary/aromatic N) is 2. The van der Waals surface area contributed by atoms with Gasteiger partial charge in [0.15, 0.2) is 0 Å². The molecule has 1 aliphatic heterocycles. The van der Waals surface area contributed by atoms with Gasteiger partial charge in [-0.05, 0) is 31.7 Å². The molecule has 1 heterocycles. The van der Waals surface area contributed by atoms with Crippen molar-refractivity contribution in [3.05, 3.63) is 35.9 Å². The third-order valence-electron chi connectivity index (χ3n) is 5.57. The van der Waals surface area contributed by atoms with Crippen LogP contribution in [0.2, 0.25) is 0 Å². The maximum absolute atomic E-state index is 13.3. The Labute approximate surface area is 195 Å². The molecule has 0 bridgehead atoms. The molecule has 188 valence electrons. The Morgan fingerprint density at radius 1 is 1.21 bits per heavy atom. The molecule has 12 heteroatoms. The van der Waals surface area contributed by atoms with Crippen molar-refractivity contribution in [3.8, 4) is 0 Å². The van der Waals surface area contributed by atoms with Crippen LogP contribution in [0.15, 0.2) is 30.3 Å². The molecule has 0 aliphatic carbocycles. The second-order valence-corrected chi connectivity index (χ2v) is 8.33. The predicted molar refractivity (Wildman–Crippen MR) is 117 cm³/mol. The van der Waals surface area contributed by atoms with Crippen LogP contribution < -0.4 is 16.8 Å². The van der Waals surface area contributed by atoms with E-state index in [0.717, 1.165) is 5.56 Å². The minimum absolute atomic E-state index is 0.187. The Bertz CT molecular complexity index is 879. The Balaban J connectivity index is 2.18. The van der Waals surface area contributed by atoms with Crippen LogP contribution in [0.25, 0.3) is 0 Å². The molecule has 3 atom stereocenters. The molecule has 1 aromatic carbocycles. The number of hydrogen-bond acceptors (Lipinski definition) is 5. The number of likely N-dealkylation sites (tertiary alicyclic amines) is 1. The van der Waals surface area contributed by atoms with Crippen LogP contribution in [0, 0.1) is 0 Å². The minimum atomic E-state index is -5.07. The van der Waals surface area contributed by atoms with Gasteiger partial charge in [-0.1, -0.05) is 30.3 Å². The molecule has 0 radical (unpaired) electrons. The molecule has 2 rings (SSSR count). The fraction of sp³-hybridized carbons (Fsp3) is 0.545. The summed E-state index contributed by atoms with van der Waals surface area (Å²) in [7, 11) is 0. The van der Waals surface area contributed by atoms with Crippen LogP contribution in [0.4, 0.5) is 13.2 Å². The third kappa shape index (κ3) is 7.72. The predicted octanol–water partition coefficient (Wildman–Crippen LogP) is 0.318. The monoisotopic (exact) mass is 485 g/mol. The van der Waals surface area contributed by atoms with E-state index in [0.29, 0.717) is 17.7 Å². The van der Waals surface area contributed by atoms with Gasteiger partial charge in [0.1, 0.15) is 6.04 Å². The number of nitrogens with one attached hydrogen (secondary N) is 1. The molecule has 5 N–H and O–H groups in total. The van der Waals surface area contributed by atoms with Crippen molar-refractivity contribution in [2.24, 2.45) is 11.5 Å². The number of hydrogen-bond donors (Lipinski definition) is 3. The summed E-state index contributed by atoms with van der Waals surface area (Å²) in [5.41, 5.74) is 11.5. The number of rotatable bonds is 10. The summed E-state index contributed by atoms with van der Waals surface area (Å²) < 4.78 is 39.8. The highest BCUT2D eigenvalue weighted by Crippen LogP contribution is 2.24. The Kier molecular flexibility index (Phi) is 9.42. The Morgan fingerprint density at radius 2 is 1.85 bits per heavy atom. The van der Waals surface area contributed by atoms with Crippen molar-refractivity contribution < 1.29 is 32.3 Å². The molecule has 4 amide bonds. The summed E-state index contributed by atoms with van der Waals surface area (Å²) in [6.45, 7) is 1.08. The van der Waals surface area contributed by atoms with Crippen LogP contribution in [0.1, 0.15) is 31.7 Å². The highest BCUT2D eigenvalue weighted by molar-refractivity contribution is 5.93. The summed E-state index contributed by atoms with van der Waals surface area (Å²) in [4.78, 5) is 50.7. The van der Waals surface area contributed by atoms with E-state index in [1.807, 2.05) is 0 Å². The average molecular weight is 486 g/mol. The number of nitrogens with two attached hydrogens (primary N) is 2. The van der Waals surface area contributed by atoms with Gasteiger partial charge >= 0.3 is 12.1 Å². The summed E-state index contributed by atoms with van der Waals surface area (Å²) in [5, 5.41) is 2.38. The van der Waals surface area contributed by atoms with E-state index >= 15 is 0 Å². The smallest absolute Gasteiger partial charge is 0.370 e. The van der Waals surface area contributed by atoms with Crippen molar-refractivity contribution >= 4 is 23.6 Å². The van der Waals surface area contributed by atoms with Crippen LogP contribution in [-0.2, 0) is 25.6 Å². The highest BCUT2D eigenvalue weighted by Gasteiger charge is 2.44. The molecule has 1 aromatic rings. The normalized spacial score (nSPS) is 17.7. The zero-order valence-electron chi connectivity index (χ0n) is 18.9.